The van der Waals surface area contributed by atoms with Crippen molar-refractivity contribution in [1.82, 2.24) is 14.9 Å². The standard InChI is InChI=1S/C32H39N3O3/c1-4-24(2)26-13-17-28(18-14-26)38-22-8-7-21-35-30-10-6-5-9-29(30)34-31(35)19-20-33-32(36)23-25-11-15-27(37-3)16-12-25/h5-6,9-18,24H,4,7-8,19-23H2,1-3H3,(H,33,36). The van der Waals surface area contributed by atoms with Gasteiger partial charge in [-0.15, -0.1) is 0 Å². The second kappa shape index (κ2) is 13.7. The molecule has 1 N–H and O–H groups in total. The molecule has 1 heterocycles. The molecule has 0 radical (unpaired) electrons. The number of methoxy groups -OCH3 is 1. The third-order valence-corrected chi connectivity index (χ3v) is 7.03. The number of nitrogens with one attached hydrogen (secondary N) is 1. The van der Waals surface area contributed by atoms with Crippen LogP contribution < -0.4 is 14.8 Å². The lowest BCUT2D eigenvalue weighted by Gasteiger charge is -2.12. The number of amides is 1. The van der Waals surface area contributed by atoms with E-state index >= 15 is 0 Å². The molecule has 1 aromatic heterocycles. The van der Waals surface area contributed by atoms with Crippen LogP contribution in [0.25, 0.3) is 11.0 Å². The number of aryl methyl sites for hydroxylation is 1. The van der Waals surface area contributed by atoms with Crippen molar-refractivity contribution in [3.63, 3.8) is 0 Å². The van der Waals surface area contributed by atoms with Crippen LogP contribution in [0.2, 0.25) is 0 Å². The third-order valence-electron chi connectivity index (χ3n) is 7.03. The maximum absolute atomic E-state index is 12.5. The maximum Gasteiger partial charge on any atom is 0.224 e. The quantitative estimate of drug-likeness (QED) is 0.200. The molecule has 0 saturated heterocycles. The number of carbonyl (C=O) groups excluding carboxylic acids is 1. The summed E-state index contributed by atoms with van der Waals surface area (Å²) in [5.41, 5.74) is 4.44. The molecule has 0 spiro atoms. The zero-order chi connectivity index (χ0) is 26.7. The molecule has 0 bridgehead atoms. The van der Waals surface area contributed by atoms with E-state index in [-0.39, 0.29) is 5.91 Å². The zero-order valence-corrected chi connectivity index (χ0v) is 22.8. The van der Waals surface area contributed by atoms with Gasteiger partial charge < -0.3 is 19.4 Å². The van der Waals surface area contributed by atoms with E-state index in [9.17, 15) is 4.79 Å². The van der Waals surface area contributed by atoms with Gasteiger partial charge in [0.2, 0.25) is 5.91 Å². The molecule has 0 aliphatic carbocycles. The number of hydrogen-bond acceptors (Lipinski definition) is 4. The van der Waals surface area contributed by atoms with Crippen LogP contribution >= 0.6 is 0 Å². The first-order valence-corrected chi connectivity index (χ1v) is 13.6. The highest BCUT2D eigenvalue weighted by Gasteiger charge is 2.11. The molecule has 4 aromatic rings. The van der Waals surface area contributed by atoms with Gasteiger partial charge in [-0.2, -0.15) is 0 Å². The summed E-state index contributed by atoms with van der Waals surface area (Å²) < 4.78 is 13.5. The van der Waals surface area contributed by atoms with Crippen molar-refractivity contribution in [2.24, 2.45) is 0 Å². The number of aromatic nitrogens is 2. The van der Waals surface area contributed by atoms with Gasteiger partial charge in [-0.25, -0.2) is 4.98 Å². The molecule has 3 aromatic carbocycles. The Morgan fingerprint density at radius 3 is 2.45 bits per heavy atom. The van der Waals surface area contributed by atoms with E-state index in [2.05, 4.69) is 54.1 Å². The van der Waals surface area contributed by atoms with Crippen molar-refractivity contribution in [2.75, 3.05) is 20.3 Å². The largest absolute Gasteiger partial charge is 0.497 e. The fraction of sp³-hybridized carbons (Fsp3) is 0.375. The first kappa shape index (κ1) is 27.2. The Balaban J connectivity index is 1.26. The van der Waals surface area contributed by atoms with Crippen LogP contribution in [0.1, 0.15) is 56.0 Å². The van der Waals surface area contributed by atoms with Gasteiger partial charge in [-0.3, -0.25) is 4.79 Å². The van der Waals surface area contributed by atoms with Gasteiger partial charge in [0, 0.05) is 19.5 Å². The lowest BCUT2D eigenvalue weighted by molar-refractivity contribution is -0.120. The molecule has 6 heteroatoms. The van der Waals surface area contributed by atoms with Crippen LogP contribution in [0.15, 0.2) is 72.8 Å². The smallest absolute Gasteiger partial charge is 0.224 e. The summed E-state index contributed by atoms with van der Waals surface area (Å²) in [6.45, 7) is 6.57. The van der Waals surface area contributed by atoms with Gasteiger partial charge in [0.15, 0.2) is 0 Å². The number of imidazole rings is 1. The van der Waals surface area contributed by atoms with E-state index in [1.165, 1.54) is 5.56 Å². The van der Waals surface area contributed by atoms with E-state index in [0.717, 1.165) is 59.7 Å². The molecule has 1 amide bonds. The molecular formula is C32H39N3O3. The average Bonchev–Trinajstić information content (AvgIpc) is 3.30. The molecular weight excluding hydrogens is 474 g/mol. The van der Waals surface area contributed by atoms with Crippen LogP contribution in [0.5, 0.6) is 11.5 Å². The molecule has 0 fully saturated rings. The normalized spacial score (nSPS) is 11.9. The fourth-order valence-corrected chi connectivity index (χ4v) is 4.56. The lowest BCUT2D eigenvalue weighted by atomic mass is 9.99. The summed E-state index contributed by atoms with van der Waals surface area (Å²) >= 11 is 0. The number of benzene rings is 3. The highest BCUT2D eigenvalue weighted by molar-refractivity contribution is 5.78. The minimum Gasteiger partial charge on any atom is -0.497 e. The number of unbranched alkanes of at least 4 members (excludes halogenated alkanes) is 1. The Hall–Kier alpha value is -3.80. The first-order chi connectivity index (χ1) is 18.6. The van der Waals surface area contributed by atoms with Crippen molar-refractivity contribution < 1.29 is 14.3 Å². The molecule has 38 heavy (non-hydrogen) atoms. The van der Waals surface area contributed by atoms with Crippen LogP contribution in [0, 0.1) is 0 Å². The summed E-state index contributed by atoms with van der Waals surface area (Å²) in [4.78, 5) is 17.3. The van der Waals surface area contributed by atoms with E-state index in [1.54, 1.807) is 7.11 Å². The number of ether oxygens (including phenoxy) is 2. The van der Waals surface area contributed by atoms with Crippen LogP contribution in [0.3, 0.4) is 0 Å². The Morgan fingerprint density at radius 2 is 1.71 bits per heavy atom. The Kier molecular flexibility index (Phi) is 9.79. The van der Waals surface area contributed by atoms with Crippen molar-refractivity contribution in [1.29, 1.82) is 0 Å². The van der Waals surface area contributed by atoms with E-state index in [0.29, 0.717) is 31.9 Å². The summed E-state index contributed by atoms with van der Waals surface area (Å²) in [5.74, 6) is 3.29. The van der Waals surface area contributed by atoms with Gasteiger partial charge >= 0.3 is 0 Å². The molecule has 6 nitrogen and oxygen atoms in total. The topological polar surface area (TPSA) is 65.4 Å². The highest BCUT2D eigenvalue weighted by Crippen LogP contribution is 2.22. The Bertz CT molecular complexity index is 1300. The number of hydrogen-bond donors (Lipinski definition) is 1. The molecule has 0 saturated carbocycles. The van der Waals surface area contributed by atoms with Crippen LogP contribution in [-0.4, -0.2) is 35.7 Å². The third kappa shape index (κ3) is 7.37. The molecule has 1 atom stereocenters. The fourth-order valence-electron chi connectivity index (χ4n) is 4.56. The second-order valence-electron chi connectivity index (χ2n) is 9.73. The SMILES string of the molecule is CCC(C)c1ccc(OCCCCn2c(CCNC(=O)Cc3ccc(OC)cc3)nc3ccccc32)cc1. The van der Waals surface area contributed by atoms with E-state index < -0.39 is 0 Å². The van der Waals surface area contributed by atoms with Crippen molar-refractivity contribution in [2.45, 2.75) is 58.4 Å². The molecule has 200 valence electrons. The van der Waals surface area contributed by atoms with Gasteiger partial charge in [0.05, 0.1) is 31.2 Å². The average molecular weight is 514 g/mol. The summed E-state index contributed by atoms with van der Waals surface area (Å²) in [6, 6.07) is 24.3. The second-order valence-corrected chi connectivity index (χ2v) is 9.73. The number of nitrogens with zero attached hydrogens (tertiary/aromatic N) is 2. The van der Waals surface area contributed by atoms with Gasteiger partial charge in [-0.1, -0.05) is 50.2 Å². The van der Waals surface area contributed by atoms with Gasteiger partial charge in [-0.05, 0) is 72.7 Å². The molecule has 1 unspecified atom stereocenters. The zero-order valence-electron chi connectivity index (χ0n) is 22.8. The highest BCUT2D eigenvalue weighted by atomic mass is 16.5. The van der Waals surface area contributed by atoms with Crippen molar-refractivity contribution >= 4 is 16.9 Å². The predicted octanol–water partition coefficient (Wildman–Crippen LogP) is 6.32. The summed E-state index contributed by atoms with van der Waals surface area (Å²) in [5, 5.41) is 3.05. The first-order valence-electron chi connectivity index (χ1n) is 13.6. The minimum absolute atomic E-state index is 0.00663. The lowest BCUT2D eigenvalue weighted by Crippen LogP contribution is -2.28. The van der Waals surface area contributed by atoms with E-state index in [1.807, 2.05) is 42.5 Å². The number of para-hydroxylation sites is 2. The van der Waals surface area contributed by atoms with Crippen molar-refractivity contribution in [3.05, 3.63) is 89.7 Å². The molecule has 4 rings (SSSR count). The minimum atomic E-state index is 0.00663. The number of fused-ring (bicyclic) bond motifs is 1. The Labute approximate surface area is 226 Å². The van der Waals surface area contributed by atoms with Gasteiger partial charge in [0.25, 0.3) is 0 Å². The maximum atomic E-state index is 12.5. The van der Waals surface area contributed by atoms with Crippen LogP contribution in [0.4, 0.5) is 0 Å². The molecule has 0 aliphatic heterocycles. The van der Waals surface area contributed by atoms with Crippen LogP contribution in [-0.2, 0) is 24.2 Å². The Morgan fingerprint density at radius 1 is 0.974 bits per heavy atom. The summed E-state index contributed by atoms with van der Waals surface area (Å²) in [6.07, 6.45) is 4.11. The number of rotatable bonds is 14. The van der Waals surface area contributed by atoms with E-state index in [4.69, 9.17) is 14.5 Å². The molecule has 0 aliphatic rings. The summed E-state index contributed by atoms with van der Waals surface area (Å²) in [7, 11) is 1.64. The predicted molar refractivity (Wildman–Crippen MR) is 153 cm³/mol. The van der Waals surface area contributed by atoms with Gasteiger partial charge in [0.1, 0.15) is 17.3 Å². The monoisotopic (exact) mass is 513 g/mol. The number of carbonyl (C=O) groups is 1. The van der Waals surface area contributed by atoms with Crippen molar-refractivity contribution in [3.8, 4) is 11.5 Å².